The average molecular weight is 448 g/mol. The second-order valence-electron chi connectivity index (χ2n) is 6.11. The van der Waals surface area contributed by atoms with Gasteiger partial charge in [0.15, 0.2) is 11.5 Å². The van der Waals surface area contributed by atoms with Crippen LogP contribution in [0.1, 0.15) is 36.7 Å². The lowest BCUT2D eigenvalue weighted by Gasteiger charge is -2.17. The summed E-state index contributed by atoms with van der Waals surface area (Å²) in [5.41, 5.74) is 0.657. The largest absolute Gasteiger partial charge is 0.490 e. The zero-order valence-electron chi connectivity index (χ0n) is 15.9. The highest BCUT2D eigenvalue weighted by Crippen LogP contribution is 2.38. The van der Waals surface area contributed by atoms with Crippen LogP contribution in [0.15, 0.2) is 52.6 Å². The van der Waals surface area contributed by atoms with Gasteiger partial charge in [0.1, 0.15) is 5.70 Å². The molecule has 0 aromatic heterocycles. The van der Waals surface area contributed by atoms with Crippen LogP contribution in [0.5, 0.6) is 11.5 Å². The Morgan fingerprint density at radius 3 is 2.46 bits per heavy atom. The molecule has 0 bridgehead atoms. The van der Waals surface area contributed by atoms with Crippen molar-refractivity contribution in [2.45, 2.75) is 26.9 Å². The third-order valence-corrected chi connectivity index (χ3v) is 4.10. The summed E-state index contributed by atoms with van der Waals surface area (Å²) in [6, 6.07) is 11.8. The molecular weight excluding hydrogens is 426 g/mol. The van der Waals surface area contributed by atoms with Crippen molar-refractivity contribution in [2.24, 2.45) is 0 Å². The van der Waals surface area contributed by atoms with Crippen LogP contribution in [0.25, 0.3) is 6.08 Å². The van der Waals surface area contributed by atoms with Crippen molar-refractivity contribution in [3.8, 4) is 11.5 Å². The topological polar surface area (TPSA) is 84.9 Å². The number of amides is 1. The molecule has 0 aliphatic rings. The molecule has 0 fully saturated rings. The van der Waals surface area contributed by atoms with Crippen molar-refractivity contribution in [1.82, 2.24) is 5.32 Å². The fourth-order valence-electron chi connectivity index (χ4n) is 2.39. The fourth-order valence-corrected chi connectivity index (χ4v) is 2.94. The summed E-state index contributed by atoms with van der Waals surface area (Å²) >= 11 is 3.44. The molecule has 0 saturated heterocycles. The Morgan fingerprint density at radius 1 is 1.21 bits per heavy atom. The molecule has 0 radical (unpaired) electrons. The van der Waals surface area contributed by atoms with Gasteiger partial charge in [0.25, 0.3) is 5.91 Å². The molecular formula is C21H22BrNO5. The molecule has 148 valence electrons. The maximum absolute atomic E-state index is 12.3. The van der Waals surface area contributed by atoms with Gasteiger partial charge in [0, 0.05) is 5.56 Å². The number of nitrogens with one attached hydrogen (secondary N) is 1. The Labute approximate surface area is 172 Å². The zero-order valence-corrected chi connectivity index (χ0v) is 17.4. The van der Waals surface area contributed by atoms with Gasteiger partial charge in [-0.15, -0.1) is 0 Å². The zero-order chi connectivity index (χ0) is 20.7. The summed E-state index contributed by atoms with van der Waals surface area (Å²) < 4.78 is 12.0. The third-order valence-electron chi connectivity index (χ3n) is 3.51. The molecule has 1 amide bonds. The lowest BCUT2D eigenvalue weighted by molar-refractivity contribution is -0.132. The van der Waals surface area contributed by atoms with E-state index in [1.165, 1.54) is 6.08 Å². The maximum Gasteiger partial charge on any atom is 0.352 e. The van der Waals surface area contributed by atoms with E-state index in [4.69, 9.17) is 9.47 Å². The van der Waals surface area contributed by atoms with Crippen molar-refractivity contribution >= 4 is 33.9 Å². The van der Waals surface area contributed by atoms with Gasteiger partial charge in [-0.3, -0.25) is 4.79 Å². The van der Waals surface area contributed by atoms with E-state index in [-0.39, 0.29) is 11.8 Å². The van der Waals surface area contributed by atoms with Crippen LogP contribution in [-0.4, -0.2) is 29.7 Å². The van der Waals surface area contributed by atoms with Gasteiger partial charge in [-0.2, -0.15) is 0 Å². The summed E-state index contributed by atoms with van der Waals surface area (Å²) in [6.07, 6.45) is 1.31. The SMILES string of the molecule is CCOc1cc(C=C(NC(=O)c2ccccc2)C(=O)O)cc(Br)c1OC(C)C. The molecule has 0 heterocycles. The van der Waals surface area contributed by atoms with E-state index in [2.05, 4.69) is 21.2 Å². The van der Waals surface area contributed by atoms with Crippen LogP contribution in [0.4, 0.5) is 0 Å². The molecule has 2 N–H and O–H groups in total. The predicted molar refractivity (Wildman–Crippen MR) is 111 cm³/mol. The molecule has 0 spiro atoms. The molecule has 2 aromatic carbocycles. The first-order valence-electron chi connectivity index (χ1n) is 8.76. The Morgan fingerprint density at radius 2 is 1.89 bits per heavy atom. The highest BCUT2D eigenvalue weighted by molar-refractivity contribution is 9.10. The first-order valence-corrected chi connectivity index (χ1v) is 9.55. The van der Waals surface area contributed by atoms with E-state index in [9.17, 15) is 14.7 Å². The number of hydrogen-bond donors (Lipinski definition) is 2. The highest BCUT2D eigenvalue weighted by Gasteiger charge is 2.16. The van der Waals surface area contributed by atoms with Gasteiger partial charge in [-0.1, -0.05) is 18.2 Å². The molecule has 0 unspecified atom stereocenters. The average Bonchev–Trinajstić information content (AvgIpc) is 2.64. The molecule has 2 aromatic rings. The number of carboxylic acids is 1. The van der Waals surface area contributed by atoms with Crippen molar-refractivity contribution in [3.63, 3.8) is 0 Å². The normalized spacial score (nSPS) is 11.2. The summed E-state index contributed by atoms with van der Waals surface area (Å²) in [4.78, 5) is 23.9. The lowest BCUT2D eigenvalue weighted by atomic mass is 10.1. The molecule has 7 heteroatoms. The lowest BCUT2D eigenvalue weighted by Crippen LogP contribution is -2.27. The summed E-state index contributed by atoms with van der Waals surface area (Å²) in [6.45, 7) is 6.07. The van der Waals surface area contributed by atoms with Gasteiger partial charge in [-0.25, -0.2) is 4.79 Å². The Balaban J connectivity index is 2.38. The molecule has 0 saturated carbocycles. The number of carbonyl (C=O) groups is 2. The minimum atomic E-state index is -1.25. The first-order chi connectivity index (χ1) is 13.3. The fraction of sp³-hybridized carbons (Fsp3) is 0.238. The highest BCUT2D eigenvalue weighted by atomic mass is 79.9. The minimum Gasteiger partial charge on any atom is -0.490 e. The molecule has 6 nitrogen and oxygen atoms in total. The van der Waals surface area contributed by atoms with E-state index in [0.29, 0.717) is 33.7 Å². The van der Waals surface area contributed by atoms with Crippen LogP contribution >= 0.6 is 15.9 Å². The van der Waals surface area contributed by atoms with Crippen LogP contribution in [0, 0.1) is 0 Å². The van der Waals surface area contributed by atoms with Gasteiger partial charge in [0.2, 0.25) is 0 Å². The summed E-state index contributed by atoms with van der Waals surface area (Å²) in [7, 11) is 0. The molecule has 0 aliphatic carbocycles. The maximum atomic E-state index is 12.3. The van der Waals surface area contributed by atoms with Crippen molar-refractivity contribution in [3.05, 3.63) is 63.8 Å². The number of benzene rings is 2. The molecule has 28 heavy (non-hydrogen) atoms. The number of aliphatic carboxylic acids is 1. The number of rotatable bonds is 8. The number of ether oxygens (including phenoxy) is 2. The quantitative estimate of drug-likeness (QED) is 0.582. The van der Waals surface area contributed by atoms with Crippen LogP contribution in [0.2, 0.25) is 0 Å². The number of hydrogen-bond acceptors (Lipinski definition) is 4. The predicted octanol–water partition coefficient (Wildman–Crippen LogP) is 4.49. The first kappa shape index (κ1) is 21.5. The Hall–Kier alpha value is -2.80. The van der Waals surface area contributed by atoms with Crippen molar-refractivity contribution < 1.29 is 24.2 Å². The monoisotopic (exact) mass is 447 g/mol. The standard InChI is InChI=1S/C21H22BrNO5/c1-4-27-18-12-14(10-16(22)19(18)28-13(2)3)11-17(21(25)26)23-20(24)15-8-6-5-7-9-15/h5-13H,4H2,1-3H3,(H,23,24)(H,25,26). The Kier molecular flexibility index (Phi) is 7.63. The summed E-state index contributed by atoms with van der Waals surface area (Å²) in [5, 5.41) is 11.9. The smallest absolute Gasteiger partial charge is 0.352 e. The van der Waals surface area contributed by atoms with E-state index in [0.717, 1.165) is 0 Å². The second kappa shape index (κ2) is 9.94. The Bertz CT molecular complexity index is 878. The van der Waals surface area contributed by atoms with Gasteiger partial charge in [0.05, 0.1) is 17.2 Å². The van der Waals surface area contributed by atoms with E-state index in [1.807, 2.05) is 20.8 Å². The van der Waals surface area contributed by atoms with E-state index >= 15 is 0 Å². The molecule has 0 atom stereocenters. The van der Waals surface area contributed by atoms with Gasteiger partial charge >= 0.3 is 5.97 Å². The third kappa shape index (κ3) is 5.85. The van der Waals surface area contributed by atoms with E-state index < -0.39 is 11.9 Å². The van der Waals surface area contributed by atoms with Crippen LogP contribution in [-0.2, 0) is 4.79 Å². The molecule has 0 aliphatic heterocycles. The number of carbonyl (C=O) groups excluding carboxylic acids is 1. The number of halogens is 1. The van der Waals surface area contributed by atoms with Gasteiger partial charge < -0.3 is 19.9 Å². The van der Waals surface area contributed by atoms with E-state index in [1.54, 1.807) is 42.5 Å². The summed E-state index contributed by atoms with van der Waals surface area (Å²) in [5.74, 6) is -0.728. The van der Waals surface area contributed by atoms with Crippen LogP contribution in [0.3, 0.4) is 0 Å². The van der Waals surface area contributed by atoms with Crippen molar-refractivity contribution in [2.75, 3.05) is 6.61 Å². The van der Waals surface area contributed by atoms with Crippen LogP contribution < -0.4 is 14.8 Å². The van der Waals surface area contributed by atoms with Crippen molar-refractivity contribution in [1.29, 1.82) is 0 Å². The second-order valence-corrected chi connectivity index (χ2v) is 6.97. The minimum absolute atomic E-state index is 0.0587. The van der Waals surface area contributed by atoms with Gasteiger partial charge in [-0.05, 0) is 72.6 Å². The number of carboxylic acid groups (broad SMARTS) is 1. The molecule has 2 rings (SSSR count).